The quantitative estimate of drug-likeness (QED) is 0.777. The summed E-state index contributed by atoms with van der Waals surface area (Å²) in [6, 6.07) is 5.89. The zero-order valence-corrected chi connectivity index (χ0v) is 8.83. The molecule has 0 saturated heterocycles. The summed E-state index contributed by atoms with van der Waals surface area (Å²) in [7, 11) is -3.72. The van der Waals surface area contributed by atoms with Gasteiger partial charge >= 0.3 is 0 Å². The van der Waals surface area contributed by atoms with Crippen LogP contribution < -0.4 is 5.14 Å². The van der Waals surface area contributed by atoms with Crippen LogP contribution in [0.3, 0.4) is 0 Å². The van der Waals surface area contributed by atoms with Gasteiger partial charge in [-0.15, -0.1) is 0 Å². The van der Waals surface area contributed by atoms with E-state index < -0.39 is 10.0 Å². The number of benzene rings is 1. The van der Waals surface area contributed by atoms with Gasteiger partial charge in [0.25, 0.3) is 0 Å². The van der Waals surface area contributed by atoms with Crippen LogP contribution in [0, 0.1) is 5.92 Å². The smallest absolute Gasteiger partial charge is 0.238 e. The third kappa shape index (κ3) is 2.24. The summed E-state index contributed by atoms with van der Waals surface area (Å²) in [6.07, 6.45) is 1.80. The lowest BCUT2D eigenvalue weighted by Crippen LogP contribution is -2.13. The molecule has 0 aromatic heterocycles. The van der Waals surface area contributed by atoms with Gasteiger partial charge < -0.3 is 0 Å². The van der Waals surface area contributed by atoms with Crippen molar-refractivity contribution >= 4 is 15.8 Å². The highest BCUT2D eigenvalue weighted by molar-refractivity contribution is 7.89. The summed E-state index contributed by atoms with van der Waals surface area (Å²) in [5, 5.41) is 4.98. The Kier molecular flexibility index (Phi) is 2.36. The Morgan fingerprint density at radius 1 is 1.33 bits per heavy atom. The molecule has 1 aliphatic carbocycles. The molecule has 0 spiro atoms. The van der Waals surface area contributed by atoms with Crippen molar-refractivity contribution in [2.45, 2.75) is 17.7 Å². The zero-order valence-electron chi connectivity index (χ0n) is 8.01. The van der Waals surface area contributed by atoms with Gasteiger partial charge in [0.2, 0.25) is 10.0 Å². The van der Waals surface area contributed by atoms with Crippen molar-refractivity contribution < 1.29 is 13.2 Å². The van der Waals surface area contributed by atoms with Crippen LogP contribution >= 0.6 is 0 Å². The molecule has 0 bridgehead atoms. The Bertz CT molecular complexity index is 503. The molecule has 1 saturated carbocycles. The van der Waals surface area contributed by atoms with Crippen LogP contribution in [-0.2, 0) is 10.0 Å². The number of primary sulfonamides is 1. The largest absolute Gasteiger partial charge is 0.294 e. The molecule has 80 valence electrons. The van der Waals surface area contributed by atoms with Gasteiger partial charge in [-0.3, -0.25) is 4.79 Å². The minimum atomic E-state index is -3.72. The lowest BCUT2D eigenvalue weighted by atomic mass is 10.1. The van der Waals surface area contributed by atoms with Crippen LogP contribution in [0.1, 0.15) is 23.2 Å². The van der Waals surface area contributed by atoms with Crippen molar-refractivity contribution in [3.63, 3.8) is 0 Å². The van der Waals surface area contributed by atoms with E-state index >= 15 is 0 Å². The number of nitrogens with two attached hydrogens (primary N) is 1. The molecular formula is C10H11NO3S. The van der Waals surface area contributed by atoms with Crippen LogP contribution in [0.2, 0.25) is 0 Å². The number of rotatable bonds is 3. The van der Waals surface area contributed by atoms with Gasteiger partial charge in [-0.2, -0.15) is 0 Å². The SMILES string of the molecule is NS(=O)(=O)c1cccc(C(=O)C2CC2)c1. The molecule has 1 aliphatic rings. The predicted octanol–water partition coefficient (Wildman–Crippen LogP) is 0.927. The van der Waals surface area contributed by atoms with Crippen molar-refractivity contribution in [2.75, 3.05) is 0 Å². The van der Waals surface area contributed by atoms with E-state index in [0.29, 0.717) is 5.56 Å². The van der Waals surface area contributed by atoms with Crippen molar-refractivity contribution in [3.8, 4) is 0 Å². The second kappa shape index (κ2) is 3.43. The fourth-order valence-corrected chi connectivity index (χ4v) is 1.97. The van der Waals surface area contributed by atoms with E-state index in [1.165, 1.54) is 18.2 Å². The fourth-order valence-electron chi connectivity index (χ4n) is 1.41. The molecule has 2 rings (SSSR count). The summed E-state index contributed by atoms with van der Waals surface area (Å²) in [6.45, 7) is 0. The van der Waals surface area contributed by atoms with E-state index in [1.54, 1.807) is 6.07 Å². The normalized spacial score (nSPS) is 16.3. The number of Topliss-reactive ketones (excluding diaryl/α,β-unsaturated/α-hetero) is 1. The molecule has 0 amide bonds. The summed E-state index contributed by atoms with van der Waals surface area (Å²) in [5.74, 6) is 0.0984. The topological polar surface area (TPSA) is 77.2 Å². The number of sulfonamides is 1. The molecule has 0 aliphatic heterocycles. The van der Waals surface area contributed by atoms with Crippen molar-refractivity contribution in [1.29, 1.82) is 0 Å². The second-order valence-corrected chi connectivity index (χ2v) is 5.27. The van der Waals surface area contributed by atoms with E-state index in [1.807, 2.05) is 0 Å². The maximum Gasteiger partial charge on any atom is 0.238 e. The lowest BCUT2D eigenvalue weighted by molar-refractivity contribution is 0.0967. The molecule has 0 unspecified atom stereocenters. The van der Waals surface area contributed by atoms with E-state index in [4.69, 9.17) is 5.14 Å². The van der Waals surface area contributed by atoms with Gasteiger partial charge in [-0.1, -0.05) is 12.1 Å². The van der Waals surface area contributed by atoms with Gasteiger partial charge in [0.05, 0.1) is 4.90 Å². The van der Waals surface area contributed by atoms with E-state index in [0.717, 1.165) is 12.8 Å². The zero-order chi connectivity index (χ0) is 11.1. The Morgan fingerprint density at radius 2 is 2.00 bits per heavy atom. The van der Waals surface area contributed by atoms with Gasteiger partial charge in [-0.05, 0) is 25.0 Å². The van der Waals surface area contributed by atoms with Crippen LogP contribution in [0.25, 0.3) is 0 Å². The summed E-state index contributed by atoms with van der Waals surface area (Å²) in [4.78, 5) is 11.6. The molecule has 0 heterocycles. The Labute approximate surface area is 88.1 Å². The highest BCUT2D eigenvalue weighted by Crippen LogP contribution is 2.32. The average Bonchev–Trinajstić information content (AvgIpc) is 2.99. The minimum Gasteiger partial charge on any atom is -0.294 e. The molecule has 1 fully saturated rings. The van der Waals surface area contributed by atoms with Gasteiger partial charge in [0.1, 0.15) is 0 Å². The van der Waals surface area contributed by atoms with Gasteiger partial charge in [0.15, 0.2) is 5.78 Å². The van der Waals surface area contributed by atoms with Crippen molar-refractivity contribution in [1.82, 2.24) is 0 Å². The Hall–Kier alpha value is -1.20. The molecular weight excluding hydrogens is 214 g/mol. The second-order valence-electron chi connectivity index (χ2n) is 3.71. The maximum absolute atomic E-state index is 11.7. The van der Waals surface area contributed by atoms with E-state index in [9.17, 15) is 13.2 Å². The van der Waals surface area contributed by atoms with Crippen LogP contribution in [0.15, 0.2) is 29.2 Å². The highest BCUT2D eigenvalue weighted by atomic mass is 32.2. The van der Waals surface area contributed by atoms with Crippen LogP contribution in [-0.4, -0.2) is 14.2 Å². The van der Waals surface area contributed by atoms with Crippen molar-refractivity contribution in [3.05, 3.63) is 29.8 Å². The monoisotopic (exact) mass is 225 g/mol. The number of carbonyl (C=O) groups excluding carboxylic acids is 1. The lowest BCUT2D eigenvalue weighted by Gasteiger charge is -2.01. The first-order chi connectivity index (χ1) is 6.98. The van der Waals surface area contributed by atoms with E-state index in [-0.39, 0.29) is 16.6 Å². The number of carbonyl (C=O) groups is 1. The summed E-state index contributed by atoms with van der Waals surface area (Å²) < 4.78 is 22.1. The molecule has 4 nitrogen and oxygen atoms in total. The van der Waals surface area contributed by atoms with Crippen molar-refractivity contribution in [2.24, 2.45) is 11.1 Å². The van der Waals surface area contributed by atoms with Gasteiger partial charge in [0, 0.05) is 11.5 Å². The third-order valence-electron chi connectivity index (χ3n) is 2.40. The summed E-state index contributed by atoms with van der Waals surface area (Å²) in [5.41, 5.74) is 0.434. The molecule has 2 N–H and O–H groups in total. The Morgan fingerprint density at radius 3 is 2.53 bits per heavy atom. The molecule has 0 atom stereocenters. The summed E-state index contributed by atoms with van der Waals surface area (Å²) >= 11 is 0. The van der Waals surface area contributed by atoms with Gasteiger partial charge in [-0.25, -0.2) is 13.6 Å². The predicted molar refractivity (Wildman–Crippen MR) is 54.9 cm³/mol. The standard InChI is InChI=1S/C10H11NO3S/c11-15(13,14)9-3-1-2-8(6-9)10(12)7-4-5-7/h1-3,6-7H,4-5H2,(H2,11,13,14). The molecule has 15 heavy (non-hydrogen) atoms. The van der Waals surface area contributed by atoms with Crippen LogP contribution in [0.4, 0.5) is 0 Å². The number of ketones is 1. The average molecular weight is 225 g/mol. The number of hydrogen-bond acceptors (Lipinski definition) is 3. The highest BCUT2D eigenvalue weighted by Gasteiger charge is 2.30. The first-order valence-electron chi connectivity index (χ1n) is 4.65. The van der Waals surface area contributed by atoms with Crippen LogP contribution in [0.5, 0.6) is 0 Å². The first-order valence-corrected chi connectivity index (χ1v) is 6.20. The number of hydrogen-bond donors (Lipinski definition) is 1. The Balaban J connectivity index is 2.38. The molecule has 0 radical (unpaired) electrons. The molecule has 1 aromatic rings. The third-order valence-corrected chi connectivity index (χ3v) is 3.31. The fraction of sp³-hybridized carbons (Fsp3) is 0.300. The first kappa shape index (κ1) is 10.3. The minimum absolute atomic E-state index is 0.00556. The molecule has 5 heteroatoms. The maximum atomic E-state index is 11.7. The van der Waals surface area contributed by atoms with E-state index in [2.05, 4.69) is 0 Å². The molecule has 1 aromatic carbocycles.